The topological polar surface area (TPSA) is 93.5 Å². The molecule has 0 aliphatic carbocycles. The van der Waals surface area contributed by atoms with Gasteiger partial charge in [-0.05, 0) is 46.2 Å². The van der Waals surface area contributed by atoms with Crippen LogP contribution < -0.4 is 5.32 Å². The van der Waals surface area contributed by atoms with Gasteiger partial charge >= 0.3 is 17.6 Å². The van der Waals surface area contributed by atoms with Gasteiger partial charge < -0.3 is 15.0 Å². The van der Waals surface area contributed by atoms with Gasteiger partial charge in [0.2, 0.25) is 5.91 Å². The highest BCUT2D eigenvalue weighted by Crippen LogP contribution is 2.43. The SMILES string of the molecule is CCOC(=O)n1nc2c(c1NC(=O)C(C)(C)C(F)(F)F)CN(C(=O)Cl)C2(C)C. The summed E-state index contributed by atoms with van der Waals surface area (Å²) >= 11 is 5.58. The average molecular weight is 425 g/mol. The highest BCUT2D eigenvalue weighted by atomic mass is 35.5. The van der Waals surface area contributed by atoms with Gasteiger partial charge in [0.25, 0.3) is 0 Å². The number of halogens is 4. The Hall–Kier alpha value is -2.30. The second kappa shape index (κ2) is 6.94. The minimum absolute atomic E-state index is 0.0134. The maximum absolute atomic E-state index is 13.2. The van der Waals surface area contributed by atoms with Gasteiger partial charge in [-0.15, -0.1) is 4.68 Å². The third kappa shape index (κ3) is 3.43. The number of aromatic nitrogens is 2. The standard InChI is InChI=1S/C16H20ClF3N4O4/c1-6-28-13(27)24-10(21-11(25)14(2,3)16(18,19)20)8-7-23(12(17)26)15(4,5)9(8)22-24/h6-7H2,1-5H3,(H,21,25). The Morgan fingerprint density at radius 3 is 2.32 bits per heavy atom. The lowest BCUT2D eigenvalue weighted by molar-refractivity contribution is -0.208. The summed E-state index contributed by atoms with van der Waals surface area (Å²) < 4.78 is 45.2. The molecule has 156 valence electrons. The smallest absolute Gasteiger partial charge is 0.436 e. The Morgan fingerprint density at radius 2 is 1.86 bits per heavy atom. The molecule has 12 heteroatoms. The molecule has 1 aromatic heterocycles. The summed E-state index contributed by atoms with van der Waals surface area (Å²) in [6, 6.07) is 0. The first-order valence-corrected chi connectivity index (χ1v) is 8.68. The van der Waals surface area contributed by atoms with E-state index in [2.05, 4.69) is 10.4 Å². The first kappa shape index (κ1) is 22.0. The maximum atomic E-state index is 13.2. The molecule has 0 aromatic carbocycles. The Labute approximate surface area is 163 Å². The molecule has 8 nitrogen and oxygen atoms in total. The first-order valence-electron chi connectivity index (χ1n) is 8.31. The number of nitrogens with zero attached hydrogens (tertiary/aromatic N) is 3. The minimum Gasteiger partial charge on any atom is -0.448 e. The van der Waals surface area contributed by atoms with E-state index in [0.29, 0.717) is 18.5 Å². The summed E-state index contributed by atoms with van der Waals surface area (Å²) in [5, 5.41) is 5.41. The fourth-order valence-electron chi connectivity index (χ4n) is 2.69. The number of ether oxygens (including phenoxy) is 1. The second-order valence-corrected chi connectivity index (χ2v) is 7.58. The van der Waals surface area contributed by atoms with Crippen molar-refractivity contribution in [2.24, 2.45) is 5.41 Å². The number of hydrogen-bond donors (Lipinski definition) is 1. The monoisotopic (exact) mass is 424 g/mol. The van der Waals surface area contributed by atoms with Crippen LogP contribution in [0.2, 0.25) is 0 Å². The van der Waals surface area contributed by atoms with E-state index in [1.807, 2.05) is 0 Å². The molecule has 2 amide bonds. The predicted molar refractivity (Wildman–Crippen MR) is 92.9 cm³/mol. The average Bonchev–Trinajstić information content (AvgIpc) is 3.02. The van der Waals surface area contributed by atoms with Crippen molar-refractivity contribution in [3.8, 4) is 0 Å². The van der Waals surface area contributed by atoms with Crippen molar-refractivity contribution in [2.75, 3.05) is 11.9 Å². The number of carbonyl (C=O) groups excluding carboxylic acids is 3. The lowest BCUT2D eigenvalue weighted by Crippen LogP contribution is -2.44. The van der Waals surface area contributed by atoms with Crippen LogP contribution in [0.3, 0.4) is 0 Å². The van der Waals surface area contributed by atoms with Crippen molar-refractivity contribution in [2.45, 2.75) is 52.9 Å². The summed E-state index contributed by atoms with van der Waals surface area (Å²) in [5.74, 6) is -1.68. The highest BCUT2D eigenvalue weighted by Gasteiger charge is 2.54. The van der Waals surface area contributed by atoms with Crippen LogP contribution in [0.1, 0.15) is 45.9 Å². The summed E-state index contributed by atoms with van der Waals surface area (Å²) in [7, 11) is 0. The molecule has 1 aliphatic heterocycles. The van der Waals surface area contributed by atoms with E-state index in [1.165, 1.54) is 11.8 Å². The zero-order valence-corrected chi connectivity index (χ0v) is 16.7. The summed E-state index contributed by atoms with van der Waals surface area (Å²) in [6.07, 6.45) is -5.80. The molecule has 2 rings (SSSR count). The Kier molecular flexibility index (Phi) is 5.45. The van der Waals surface area contributed by atoms with Gasteiger partial charge in [0, 0.05) is 5.56 Å². The Morgan fingerprint density at radius 1 is 1.29 bits per heavy atom. The summed E-state index contributed by atoms with van der Waals surface area (Å²) in [6.45, 7) is 6.02. The van der Waals surface area contributed by atoms with E-state index in [4.69, 9.17) is 16.3 Å². The number of amides is 2. The van der Waals surface area contributed by atoms with Crippen molar-refractivity contribution in [3.63, 3.8) is 0 Å². The lowest BCUT2D eigenvalue weighted by atomic mass is 9.91. The lowest BCUT2D eigenvalue weighted by Gasteiger charge is -2.29. The number of alkyl halides is 3. The molecule has 0 spiro atoms. The number of fused-ring (bicyclic) bond motifs is 1. The largest absolute Gasteiger partial charge is 0.448 e. The van der Waals surface area contributed by atoms with Crippen molar-refractivity contribution in [1.82, 2.24) is 14.7 Å². The van der Waals surface area contributed by atoms with E-state index in [0.717, 1.165) is 0 Å². The number of rotatable bonds is 3. The van der Waals surface area contributed by atoms with Crippen LogP contribution >= 0.6 is 11.6 Å². The Bertz CT molecular complexity index is 833. The summed E-state index contributed by atoms with van der Waals surface area (Å²) in [5.41, 5.74) is -3.36. The van der Waals surface area contributed by atoms with Gasteiger partial charge in [-0.3, -0.25) is 9.59 Å². The van der Waals surface area contributed by atoms with E-state index < -0.39 is 34.5 Å². The molecule has 0 radical (unpaired) electrons. The Balaban J connectivity index is 2.56. The second-order valence-electron chi connectivity index (χ2n) is 7.26. The van der Waals surface area contributed by atoms with Crippen LogP contribution in [0.25, 0.3) is 0 Å². The molecular formula is C16H20ClF3N4O4. The molecule has 0 fully saturated rings. The van der Waals surface area contributed by atoms with Gasteiger partial charge in [-0.1, -0.05) is 0 Å². The third-order valence-electron chi connectivity index (χ3n) is 4.72. The number of hydrogen-bond acceptors (Lipinski definition) is 5. The molecule has 0 saturated carbocycles. The molecule has 1 N–H and O–H groups in total. The molecule has 1 aromatic rings. The molecule has 0 bridgehead atoms. The van der Waals surface area contributed by atoms with Gasteiger partial charge in [0.15, 0.2) is 0 Å². The number of anilines is 1. The van der Waals surface area contributed by atoms with Gasteiger partial charge in [0.1, 0.15) is 11.2 Å². The predicted octanol–water partition coefficient (Wildman–Crippen LogP) is 3.82. The van der Waals surface area contributed by atoms with Crippen LogP contribution in [0.15, 0.2) is 0 Å². The van der Waals surface area contributed by atoms with E-state index in [1.54, 1.807) is 13.8 Å². The normalized spacial score (nSPS) is 16.0. The van der Waals surface area contributed by atoms with Crippen LogP contribution in [-0.2, 0) is 21.6 Å². The van der Waals surface area contributed by atoms with Crippen LogP contribution in [0.4, 0.5) is 28.6 Å². The van der Waals surface area contributed by atoms with Crippen LogP contribution in [0, 0.1) is 5.41 Å². The third-order valence-corrected chi connectivity index (χ3v) is 4.92. The molecule has 0 atom stereocenters. The van der Waals surface area contributed by atoms with E-state index in [9.17, 15) is 27.6 Å². The molecule has 1 aliphatic rings. The molecule has 28 heavy (non-hydrogen) atoms. The van der Waals surface area contributed by atoms with Gasteiger partial charge in [-0.25, -0.2) is 4.79 Å². The molecule has 0 unspecified atom stereocenters. The fourth-order valence-corrected chi connectivity index (χ4v) is 2.97. The van der Waals surface area contributed by atoms with Crippen molar-refractivity contribution < 1.29 is 32.3 Å². The minimum atomic E-state index is -4.83. The van der Waals surface area contributed by atoms with Crippen molar-refractivity contribution in [1.29, 1.82) is 0 Å². The number of carbonyl (C=O) groups is 3. The van der Waals surface area contributed by atoms with Crippen molar-refractivity contribution in [3.05, 3.63) is 11.3 Å². The quantitative estimate of drug-likeness (QED) is 0.588. The van der Waals surface area contributed by atoms with Crippen molar-refractivity contribution >= 4 is 34.8 Å². The molecule has 0 saturated heterocycles. The molecule has 2 heterocycles. The fraction of sp³-hybridized carbons (Fsp3) is 0.625. The first-order chi connectivity index (χ1) is 12.7. The zero-order chi connectivity index (χ0) is 21.7. The number of nitrogens with one attached hydrogen (secondary N) is 1. The van der Waals surface area contributed by atoms with Gasteiger partial charge in [0.05, 0.1) is 24.4 Å². The highest BCUT2D eigenvalue weighted by molar-refractivity contribution is 6.62. The van der Waals surface area contributed by atoms with E-state index in [-0.39, 0.29) is 30.2 Å². The zero-order valence-electron chi connectivity index (χ0n) is 15.9. The van der Waals surface area contributed by atoms with Crippen LogP contribution in [0.5, 0.6) is 0 Å². The van der Waals surface area contributed by atoms with Crippen LogP contribution in [-0.4, -0.2) is 44.8 Å². The molecular weight excluding hydrogens is 405 g/mol. The van der Waals surface area contributed by atoms with Gasteiger partial charge in [-0.2, -0.15) is 18.3 Å². The summed E-state index contributed by atoms with van der Waals surface area (Å²) in [4.78, 5) is 37.5. The van der Waals surface area contributed by atoms with E-state index >= 15 is 0 Å². The maximum Gasteiger partial charge on any atom is 0.436 e.